The summed E-state index contributed by atoms with van der Waals surface area (Å²) >= 11 is 2.97. The summed E-state index contributed by atoms with van der Waals surface area (Å²) in [5, 5.41) is 0. The van der Waals surface area contributed by atoms with Crippen LogP contribution in [0.5, 0.6) is 5.75 Å². The fourth-order valence-electron chi connectivity index (χ4n) is 1.25. The van der Waals surface area contributed by atoms with Crippen LogP contribution >= 0.6 is 15.9 Å². The van der Waals surface area contributed by atoms with Crippen molar-refractivity contribution in [2.24, 2.45) is 0 Å². The average molecular weight is 297 g/mol. The van der Waals surface area contributed by atoms with Gasteiger partial charge < -0.3 is 4.74 Å². The van der Waals surface area contributed by atoms with E-state index in [0.29, 0.717) is 11.1 Å². The van der Waals surface area contributed by atoms with Crippen LogP contribution in [-0.2, 0) is 0 Å². The fraction of sp³-hybridized carbons (Fsp3) is 0.300. The number of ketones is 1. The van der Waals surface area contributed by atoms with Gasteiger partial charge in [-0.25, -0.2) is 0 Å². The molecular formula is C10H8BrF3O2. The lowest BCUT2D eigenvalue weighted by Crippen LogP contribution is -2.17. The maximum Gasteiger partial charge on any atom is 0.573 e. The van der Waals surface area contributed by atoms with E-state index in [0.717, 1.165) is 6.07 Å². The van der Waals surface area contributed by atoms with Crippen molar-refractivity contribution < 1.29 is 22.7 Å². The van der Waals surface area contributed by atoms with Gasteiger partial charge in [-0.05, 0) is 47.5 Å². The molecule has 1 aromatic carbocycles. The van der Waals surface area contributed by atoms with Crippen LogP contribution in [0.4, 0.5) is 13.2 Å². The Morgan fingerprint density at radius 1 is 1.38 bits per heavy atom. The molecule has 0 aliphatic rings. The molecule has 0 saturated carbocycles. The van der Waals surface area contributed by atoms with Gasteiger partial charge in [-0.1, -0.05) is 0 Å². The second-order valence-electron chi connectivity index (χ2n) is 3.15. The van der Waals surface area contributed by atoms with Gasteiger partial charge in [-0.3, -0.25) is 4.79 Å². The molecule has 1 rings (SSSR count). The lowest BCUT2D eigenvalue weighted by molar-refractivity contribution is -0.274. The number of ether oxygens (including phenoxy) is 1. The maximum absolute atomic E-state index is 12.0. The Balaban J connectivity index is 3.17. The molecule has 6 heteroatoms. The molecule has 88 valence electrons. The zero-order chi connectivity index (χ0) is 12.5. The molecule has 0 fully saturated rings. The van der Waals surface area contributed by atoms with Gasteiger partial charge >= 0.3 is 6.36 Å². The highest BCUT2D eigenvalue weighted by atomic mass is 79.9. The summed E-state index contributed by atoms with van der Waals surface area (Å²) < 4.78 is 39.9. The summed E-state index contributed by atoms with van der Waals surface area (Å²) in [6.07, 6.45) is -4.74. The number of carbonyl (C=O) groups is 1. The number of hydrogen-bond donors (Lipinski definition) is 0. The maximum atomic E-state index is 12.0. The van der Waals surface area contributed by atoms with Crippen LogP contribution in [0.2, 0.25) is 0 Å². The quantitative estimate of drug-likeness (QED) is 0.775. The molecule has 0 atom stereocenters. The zero-order valence-electron chi connectivity index (χ0n) is 8.48. The van der Waals surface area contributed by atoms with E-state index >= 15 is 0 Å². The lowest BCUT2D eigenvalue weighted by Gasteiger charge is -2.13. The Kier molecular flexibility index (Phi) is 3.62. The first kappa shape index (κ1) is 13.0. The van der Waals surface area contributed by atoms with Crippen LogP contribution in [-0.4, -0.2) is 12.1 Å². The minimum atomic E-state index is -4.74. The first-order chi connectivity index (χ1) is 7.22. The van der Waals surface area contributed by atoms with Crippen molar-refractivity contribution in [3.8, 4) is 5.75 Å². The summed E-state index contributed by atoms with van der Waals surface area (Å²) in [7, 11) is 0. The summed E-state index contributed by atoms with van der Waals surface area (Å²) in [6.45, 7) is 2.89. The molecule has 0 aromatic heterocycles. The highest BCUT2D eigenvalue weighted by molar-refractivity contribution is 9.10. The second-order valence-corrected chi connectivity index (χ2v) is 3.95. The number of Topliss-reactive ketones (excluding diaryl/α,β-unsaturated/α-hetero) is 1. The first-order valence-electron chi connectivity index (χ1n) is 4.28. The number of hydrogen-bond acceptors (Lipinski definition) is 2. The van der Waals surface area contributed by atoms with E-state index in [1.807, 2.05) is 0 Å². The van der Waals surface area contributed by atoms with Crippen LogP contribution in [0.25, 0.3) is 0 Å². The monoisotopic (exact) mass is 296 g/mol. The Morgan fingerprint density at radius 3 is 2.38 bits per heavy atom. The van der Waals surface area contributed by atoms with Crippen LogP contribution in [0, 0.1) is 6.92 Å². The smallest absolute Gasteiger partial charge is 0.405 e. The molecule has 0 bridgehead atoms. The van der Waals surface area contributed by atoms with Gasteiger partial charge in [0.25, 0.3) is 0 Å². The Bertz CT molecular complexity index is 427. The van der Waals surface area contributed by atoms with Crippen molar-refractivity contribution in [3.63, 3.8) is 0 Å². The third kappa shape index (κ3) is 2.98. The van der Waals surface area contributed by atoms with E-state index in [1.165, 1.54) is 13.0 Å². The highest BCUT2D eigenvalue weighted by Gasteiger charge is 2.32. The van der Waals surface area contributed by atoms with E-state index in [2.05, 4.69) is 20.7 Å². The number of benzene rings is 1. The highest BCUT2D eigenvalue weighted by Crippen LogP contribution is 2.34. The number of carbonyl (C=O) groups excluding carboxylic acids is 1. The molecule has 0 amide bonds. The minimum Gasteiger partial charge on any atom is -0.405 e. The SMILES string of the molecule is CC(=O)c1ccc(OC(F)(F)F)c(Br)c1C. The van der Waals surface area contributed by atoms with Crippen LogP contribution in [0.15, 0.2) is 16.6 Å². The van der Waals surface area contributed by atoms with Crippen LogP contribution in [0.3, 0.4) is 0 Å². The van der Waals surface area contributed by atoms with Gasteiger partial charge in [0.15, 0.2) is 5.78 Å². The molecule has 0 heterocycles. The molecule has 0 aliphatic carbocycles. The molecule has 0 unspecified atom stereocenters. The third-order valence-electron chi connectivity index (χ3n) is 1.96. The summed E-state index contributed by atoms with van der Waals surface area (Å²) in [5.74, 6) is -0.563. The van der Waals surface area contributed by atoms with E-state index < -0.39 is 6.36 Å². The van der Waals surface area contributed by atoms with Gasteiger partial charge in [0.05, 0.1) is 4.47 Å². The normalized spacial score (nSPS) is 11.4. The third-order valence-corrected chi connectivity index (χ3v) is 2.94. The van der Waals surface area contributed by atoms with Crippen molar-refractivity contribution in [2.45, 2.75) is 20.2 Å². The van der Waals surface area contributed by atoms with Crippen molar-refractivity contribution in [1.82, 2.24) is 0 Å². The first-order valence-corrected chi connectivity index (χ1v) is 5.07. The Hall–Kier alpha value is -1.04. The van der Waals surface area contributed by atoms with Crippen LogP contribution < -0.4 is 4.74 Å². The largest absolute Gasteiger partial charge is 0.573 e. The van der Waals surface area contributed by atoms with E-state index in [1.54, 1.807) is 6.92 Å². The van der Waals surface area contributed by atoms with Gasteiger partial charge in [0, 0.05) is 5.56 Å². The summed E-state index contributed by atoms with van der Waals surface area (Å²) in [5.41, 5.74) is 0.788. The predicted octanol–water partition coefficient (Wildman–Crippen LogP) is 3.86. The zero-order valence-corrected chi connectivity index (χ0v) is 10.1. The molecule has 0 saturated heterocycles. The fourth-order valence-corrected chi connectivity index (χ4v) is 1.67. The van der Waals surface area contributed by atoms with E-state index in [9.17, 15) is 18.0 Å². The molecule has 2 nitrogen and oxygen atoms in total. The number of rotatable bonds is 2. The van der Waals surface area contributed by atoms with Crippen molar-refractivity contribution >= 4 is 21.7 Å². The molecule has 0 radical (unpaired) electrons. The van der Waals surface area contributed by atoms with E-state index in [4.69, 9.17) is 0 Å². The predicted molar refractivity (Wildman–Crippen MR) is 55.6 cm³/mol. The minimum absolute atomic E-state index is 0.137. The van der Waals surface area contributed by atoms with Gasteiger partial charge in [-0.2, -0.15) is 0 Å². The van der Waals surface area contributed by atoms with E-state index in [-0.39, 0.29) is 16.0 Å². The molecule has 0 spiro atoms. The molecule has 16 heavy (non-hydrogen) atoms. The molecule has 0 aliphatic heterocycles. The van der Waals surface area contributed by atoms with Gasteiger partial charge in [0.2, 0.25) is 0 Å². The van der Waals surface area contributed by atoms with Crippen molar-refractivity contribution in [1.29, 1.82) is 0 Å². The summed E-state index contributed by atoms with van der Waals surface area (Å²) in [4.78, 5) is 11.1. The number of alkyl halides is 3. The lowest BCUT2D eigenvalue weighted by atomic mass is 10.1. The van der Waals surface area contributed by atoms with Crippen LogP contribution in [0.1, 0.15) is 22.8 Å². The number of halogens is 4. The van der Waals surface area contributed by atoms with Crippen molar-refractivity contribution in [2.75, 3.05) is 0 Å². The topological polar surface area (TPSA) is 26.3 Å². The molecule has 0 N–H and O–H groups in total. The standard InChI is InChI=1S/C10H8BrF3O2/c1-5-7(6(2)15)3-4-8(9(5)11)16-10(12,13)14/h3-4H,1-2H3. The van der Waals surface area contributed by atoms with Gasteiger partial charge in [0.1, 0.15) is 5.75 Å². The Morgan fingerprint density at radius 2 is 1.94 bits per heavy atom. The second kappa shape index (κ2) is 4.45. The van der Waals surface area contributed by atoms with Crippen molar-refractivity contribution in [3.05, 3.63) is 27.7 Å². The average Bonchev–Trinajstić information content (AvgIpc) is 2.10. The molecule has 1 aromatic rings. The summed E-state index contributed by atoms with van der Waals surface area (Å²) in [6, 6.07) is 2.42. The van der Waals surface area contributed by atoms with Gasteiger partial charge in [-0.15, -0.1) is 13.2 Å². The molecular weight excluding hydrogens is 289 g/mol. The Labute approximate surface area is 98.5 Å².